The molecule has 1 rings (SSSR count). The van der Waals surface area contributed by atoms with Crippen LogP contribution < -0.4 is 5.32 Å². The van der Waals surface area contributed by atoms with Crippen LogP contribution in [-0.2, 0) is 11.2 Å². The Morgan fingerprint density at radius 1 is 1.21 bits per heavy atom. The summed E-state index contributed by atoms with van der Waals surface area (Å²) >= 11 is 1.68. The summed E-state index contributed by atoms with van der Waals surface area (Å²) in [5.74, 6) is 0.737. The molecule has 156 valence electrons. The molecule has 0 heterocycles. The number of allylic oxidation sites excluding steroid dienone is 1. The van der Waals surface area contributed by atoms with Gasteiger partial charge in [-0.2, -0.15) is 0 Å². The van der Waals surface area contributed by atoms with Crippen LogP contribution in [-0.4, -0.2) is 19.3 Å². The van der Waals surface area contributed by atoms with E-state index in [-0.39, 0.29) is 18.1 Å². The first-order valence-corrected chi connectivity index (χ1v) is 11.3. The molecule has 1 N–H and O–H groups in total. The fraction of sp³-hybridized carbons (Fsp3) is 0.520. The standard InChI is InChI=1S/C25H39NOS/c1-8-10-14-19(3)25(27-7)20(4)21(5)26-24(22(6)28-17-9-2)18-23-15-12-11-13-16-23/h9,11-13,15-17,19-20,24-26H,5-6,8,10,14,18H2,1-4,7H3/b17-9-/t19?,20-,24-,25?/m0/s1. The van der Waals surface area contributed by atoms with E-state index < -0.39 is 0 Å². The first-order chi connectivity index (χ1) is 13.4. The topological polar surface area (TPSA) is 21.3 Å². The Labute approximate surface area is 177 Å². The molecule has 0 radical (unpaired) electrons. The molecule has 2 unspecified atom stereocenters. The first-order valence-electron chi connectivity index (χ1n) is 10.4. The summed E-state index contributed by atoms with van der Waals surface area (Å²) < 4.78 is 5.88. The third kappa shape index (κ3) is 8.28. The van der Waals surface area contributed by atoms with Gasteiger partial charge in [0.1, 0.15) is 0 Å². The predicted octanol–water partition coefficient (Wildman–Crippen LogP) is 6.96. The van der Waals surface area contributed by atoms with Crippen LogP contribution in [0.3, 0.4) is 0 Å². The van der Waals surface area contributed by atoms with Crippen molar-refractivity contribution in [2.45, 2.75) is 65.5 Å². The maximum absolute atomic E-state index is 5.88. The van der Waals surface area contributed by atoms with Crippen molar-refractivity contribution >= 4 is 11.8 Å². The van der Waals surface area contributed by atoms with E-state index in [0.29, 0.717) is 5.92 Å². The lowest BCUT2D eigenvalue weighted by Crippen LogP contribution is -2.38. The Balaban J connectivity index is 2.86. The van der Waals surface area contributed by atoms with E-state index in [2.05, 4.69) is 75.0 Å². The largest absolute Gasteiger partial charge is 0.381 e. The van der Waals surface area contributed by atoms with Gasteiger partial charge in [-0.3, -0.25) is 0 Å². The second-order valence-corrected chi connectivity index (χ2v) is 8.61. The van der Waals surface area contributed by atoms with Crippen molar-refractivity contribution in [3.05, 3.63) is 71.1 Å². The summed E-state index contributed by atoms with van der Waals surface area (Å²) in [7, 11) is 1.82. The molecule has 2 nitrogen and oxygen atoms in total. The van der Waals surface area contributed by atoms with Crippen molar-refractivity contribution in [1.82, 2.24) is 5.32 Å². The van der Waals surface area contributed by atoms with Gasteiger partial charge < -0.3 is 10.1 Å². The van der Waals surface area contributed by atoms with Crippen molar-refractivity contribution in [1.29, 1.82) is 0 Å². The molecule has 0 fully saturated rings. The van der Waals surface area contributed by atoms with Gasteiger partial charge in [0.05, 0.1) is 12.1 Å². The van der Waals surface area contributed by atoms with E-state index >= 15 is 0 Å². The van der Waals surface area contributed by atoms with Crippen molar-refractivity contribution in [2.24, 2.45) is 11.8 Å². The van der Waals surface area contributed by atoms with Crippen LogP contribution in [0.1, 0.15) is 52.5 Å². The maximum atomic E-state index is 5.88. The molecule has 0 amide bonds. The van der Waals surface area contributed by atoms with E-state index in [4.69, 9.17) is 4.74 Å². The zero-order valence-electron chi connectivity index (χ0n) is 18.4. The van der Waals surface area contributed by atoms with E-state index in [1.165, 1.54) is 24.8 Å². The molecule has 3 heteroatoms. The molecule has 0 saturated carbocycles. The fourth-order valence-corrected chi connectivity index (χ4v) is 4.12. The SMILES string of the molecule is C=C(S/C=C\C)[C@H](Cc1ccccc1)NC(=C)[C@H](C)C(OC)C(C)CCCC. The monoisotopic (exact) mass is 401 g/mol. The number of thioether (sulfide) groups is 1. The van der Waals surface area contributed by atoms with E-state index in [9.17, 15) is 0 Å². The van der Waals surface area contributed by atoms with Gasteiger partial charge in [-0.1, -0.05) is 83.2 Å². The Hall–Kier alpha value is -1.45. The summed E-state index contributed by atoms with van der Waals surface area (Å²) in [6, 6.07) is 10.7. The molecule has 0 saturated heterocycles. The number of nitrogens with one attached hydrogen (secondary N) is 1. The number of benzene rings is 1. The molecule has 0 aliphatic rings. The zero-order valence-corrected chi connectivity index (χ0v) is 19.2. The highest BCUT2D eigenvalue weighted by atomic mass is 32.2. The second kappa shape index (κ2) is 13.7. The Morgan fingerprint density at radius 3 is 2.46 bits per heavy atom. The molecule has 0 aromatic heterocycles. The summed E-state index contributed by atoms with van der Waals surface area (Å²) in [6.07, 6.45) is 6.74. The Kier molecular flexibility index (Phi) is 12.0. The molecular formula is C25H39NOS. The van der Waals surface area contributed by atoms with Gasteiger partial charge >= 0.3 is 0 Å². The smallest absolute Gasteiger partial charge is 0.0676 e. The molecule has 0 aliphatic carbocycles. The minimum absolute atomic E-state index is 0.127. The maximum Gasteiger partial charge on any atom is 0.0676 e. The van der Waals surface area contributed by atoms with Crippen LogP contribution in [0.4, 0.5) is 0 Å². The van der Waals surface area contributed by atoms with Crippen molar-refractivity contribution < 1.29 is 4.74 Å². The van der Waals surface area contributed by atoms with E-state index in [1.54, 1.807) is 11.8 Å². The molecule has 4 atom stereocenters. The normalized spacial score (nSPS) is 15.8. The van der Waals surface area contributed by atoms with Gasteiger partial charge in [0, 0.05) is 23.6 Å². The second-order valence-electron chi connectivity index (χ2n) is 7.57. The number of hydrogen-bond donors (Lipinski definition) is 1. The van der Waals surface area contributed by atoms with E-state index in [0.717, 1.165) is 17.0 Å². The van der Waals surface area contributed by atoms with Crippen LogP contribution in [0.5, 0.6) is 0 Å². The lowest BCUT2D eigenvalue weighted by molar-refractivity contribution is 0.0229. The Bertz CT molecular complexity index is 610. The molecule has 28 heavy (non-hydrogen) atoms. The van der Waals surface area contributed by atoms with Crippen molar-refractivity contribution in [2.75, 3.05) is 7.11 Å². The van der Waals surface area contributed by atoms with Gasteiger partial charge in [0.15, 0.2) is 0 Å². The zero-order chi connectivity index (χ0) is 20.9. The lowest BCUT2D eigenvalue weighted by atomic mass is 9.87. The fourth-order valence-electron chi connectivity index (χ4n) is 3.51. The van der Waals surface area contributed by atoms with Gasteiger partial charge in [0.25, 0.3) is 0 Å². The highest BCUT2D eigenvalue weighted by Crippen LogP contribution is 2.27. The molecule has 1 aromatic rings. The van der Waals surface area contributed by atoms with Crippen LogP contribution in [0.25, 0.3) is 0 Å². The number of unbranched alkanes of at least 4 members (excludes halogenated alkanes) is 1. The van der Waals surface area contributed by atoms with Gasteiger partial charge in [-0.15, -0.1) is 11.8 Å². The van der Waals surface area contributed by atoms with Crippen molar-refractivity contribution in [3.8, 4) is 0 Å². The molecule has 0 spiro atoms. The number of methoxy groups -OCH3 is 1. The third-order valence-corrected chi connectivity index (χ3v) is 6.27. The van der Waals surface area contributed by atoms with Gasteiger partial charge in [-0.05, 0) is 36.7 Å². The number of hydrogen-bond acceptors (Lipinski definition) is 3. The molecule has 0 aliphatic heterocycles. The van der Waals surface area contributed by atoms with Crippen LogP contribution in [0.2, 0.25) is 0 Å². The number of rotatable bonds is 14. The minimum Gasteiger partial charge on any atom is -0.381 e. The molecule has 0 bridgehead atoms. The first kappa shape index (κ1) is 24.6. The van der Waals surface area contributed by atoms with Crippen LogP contribution >= 0.6 is 11.8 Å². The third-order valence-electron chi connectivity index (χ3n) is 5.27. The van der Waals surface area contributed by atoms with Crippen LogP contribution in [0, 0.1) is 11.8 Å². The van der Waals surface area contributed by atoms with Crippen molar-refractivity contribution in [3.63, 3.8) is 0 Å². The minimum atomic E-state index is 0.127. The quantitative estimate of drug-likeness (QED) is 0.364. The number of ether oxygens (including phenoxy) is 1. The van der Waals surface area contributed by atoms with Crippen LogP contribution in [0.15, 0.2) is 65.6 Å². The Morgan fingerprint density at radius 2 is 1.89 bits per heavy atom. The molecular weight excluding hydrogens is 362 g/mol. The summed E-state index contributed by atoms with van der Waals surface area (Å²) in [5.41, 5.74) is 2.32. The summed E-state index contributed by atoms with van der Waals surface area (Å²) in [6.45, 7) is 17.5. The highest BCUT2D eigenvalue weighted by molar-refractivity contribution is 8.05. The summed E-state index contributed by atoms with van der Waals surface area (Å²) in [4.78, 5) is 1.10. The average molecular weight is 402 g/mol. The highest BCUT2D eigenvalue weighted by Gasteiger charge is 2.26. The van der Waals surface area contributed by atoms with Gasteiger partial charge in [-0.25, -0.2) is 0 Å². The van der Waals surface area contributed by atoms with Gasteiger partial charge in [0.2, 0.25) is 0 Å². The average Bonchev–Trinajstić information content (AvgIpc) is 2.70. The molecule has 1 aromatic carbocycles. The van der Waals surface area contributed by atoms with E-state index in [1.807, 2.05) is 20.1 Å². The predicted molar refractivity (Wildman–Crippen MR) is 126 cm³/mol. The summed E-state index contributed by atoms with van der Waals surface area (Å²) in [5, 5.41) is 5.75. The lowest BCUT2D eigenvalue weighted by Gasteiger charge is -2.32.